The van der Waals surface area contributed by atoms with Gasteiger partial charge in [0.05, 0.1) is 10.8 Å². The molecule has 0 amide bonds. The van der Waals surface area contributed by atoms with E-state index in [-0.39, 0.29) is 59.1 Å². The molecule has 0 bridgehead atoms. The van der Waals surface area contributed by atoms with Gasteiger partial charge >= 0.3 is 59.1 Å². The second kappa shape index (κ2) is 10.2. The van der Waals surface area contributed by atoms with Crippen LogP contribution in [-0.2, 0) is 0 Å². The van der Waals surface area contributed by atoms with Crippen molar-refractivity contribution in [2.24, 2.45) is 0 Å². The molecule has 0 fully saturated rings. The Morgan fingerprint density at radius 1 is 1.00 bits per heavy atom. The van der Waals surface area contributed by atoms with E-state index in [9.17, 15) is 0 Å². The Kier molecular flexibility index (Phi) is 26.7. The van der Waals surface area contributed by atoms with E-state index < -0.39 is 10.8 Å². The molecule has 0 N–H and O–H groups in total. The van der Waals surface area contributed by atoms with Crippen LogP contribution in [0.4, 0.5) is 0 Å². The van der Waals surface area contributed by atoms with Gasteiger partial charge in [0.1, 0.15) is 0 Å². The predicted molar refractivity (Wildman–Crippen MR) is 7.15 cm³/mol. The van der Waals surface area contributed by atoms with E-state index in [0.717, 1.165) is 0 Å². The van der Waals surface area contributed by atoms with Gasteiger partial charge in [-0.25, -0.2) is 0 Å². The molecule has 0 saturated heterocycles. The van der Waals surface area contributed by atoms with E-state index in [4.69, 9.17) is 14.0 Å². The average molecular weight is 130 g/mol. The summed E-state index contributed by atoms with van der Waals surface area (Å²) in [6.07, 6.45) is 0. The Labute approximate surface area is 82.7 Å². The van der Waals surface area contributed by atoms with Gasteiger partial charge in [0, 0.05) is 0 Å². The molecule has 0 heterocycles. The van der Waals surface area contributed by atoms with Gasteiger partial charge in [0.15, 0.2) is 0 Å². The first-order chi connectivity index (χ1) is 1.73. The summed E-state index contributed by atoms with van der Waals surface area (Å²) in [4.78, 5) is 0. The molecule has 0 unspecified atom stereocenters. The number of hydrogen-bond acceptors (Lipinski definition) is 3. The van der Waals surface area contributed by atoms with Gasteiger partial charge in [-0.15, -0.1) is 0 Å². The van der Waals surface area contributed by atoms with E-state index in [2.05, 4.69) is 0 Å². The van der Waals surface area contributed by atoms with E-state index in [1.54, 1.807) is 0 Å². The monoisotopic (exact) mass is 130 g/mol. The number of rotatable bonds is 0. The quantitative estimate of drug-likeness (QED) is 0.306. The Morgan fingerprint density at radius 3 is 1.00 bits per heavy atom. The largest absolute Gasteiger partial charge is 0.357 e. The topological polar surface area (TPSA) is 69.2 Å². The molecule has 6 heavy (non-hydrogen) atoms. The zero-order valence-corrected chi connectivity index (χ0v) is 5.36. The molecule has 3 nitrogen and oxygen atoms in total. The van der Waals surface area contributed by atoms with Crippen molar-refractivity contribution in [2.75, 3.05) is 0 Å². The van der Waals surface area contributed by atoms with Crippen molar-refractivity contribution in [1.82, 2.24) is 0 Å². The van der Waals surface area contributed by atoms with Gasteiger partial charge in [0.2, 0.25) is 0 Å². The Morgan fingerprint density at radius 2 is 1.00 bits per heavy atom. The van der Waals surface area contributed by atoms with Gasteiger partial charge in [-0.05, 0) is 0 Å². The maximum absolute atomic E-state index is 8.41. The second-order valence-corrected chi connectivity index (χ2v) is 0.567. The standard InChI is InChI=1S/ClO3.2Na.H/c2-1(3)4;;;/q-1;;+1;. The van der Waals surface area contributed by atoms with Crippen molar-refractivity contribution in [3.05, 3.63) is 0 Å². The first-order valence-corrected chi connectivity index (χ1v) is 1.39. The molecule has 0 radical (unpaired) electrons. The zero-order valence-electron chi connectivity index (χ0n) is 2.60. The number of hydrogen-bond donors (Lipinski definition) is 0. The fraction of sp³-hybridized carbons (Fsp3) is 0. The van der Waals surface area contributed by atoms with Crippen molar-refractivity contribution in [1.29, 1.82) is 0 Å². The van der Waals surface area contributed by atoms with Crippen molar-refractivity contribution in [3.63, 3.8) is 0 Å². The first-order valence-electron chi connectivity index (χ1n) is 0.463. The van der Waals surface area contributed by atoms with Crippen molar-refractivity contribution >= 4 is 29.6 Å². The van der Waals surface area contributed by atoms with Gasteiger partial charge in [-0.1, -0.05) is 0 Å². The van der Waals surface area contributed by atoms with Crippen molar-refractivity contribution in [2.45, 2.75) is 0 Å². The molecule has 0 atom stereocenters. The van der Waals surface area contributed by atoms with Crippen LogP contribution >= 0.6 is 0 Å². The molecule has 0 spiro atoms. The fourth-order valence-corrected chi connectivity index (χ4v) is 0. The van der Waals surface area contributed by atoms with Crippen LogP contribution in [0.1, 0.15) is 0 Å². The van der Waals surface area contributed by atoms with Crippen LogP contribution in [0.2, 0.25) is 0 Å². The molecule has 0 saturated carbocycles. The van der Waals surface area contributed by atoms with Gasteiger partial charge in [-0.2, -0.15) is 0 Å². The van der Waals surface area contributed by atoms with Gasteiger partial charge < -0.3 is 14.0 Å². The van der Waals surface area contributed by atoms with Crippen LogP contribution in [0.3, 0.4) is 0 Å². The van der Waals surface area contributed by atoms with Gasteiger partial charge in [0.25, 0.3) is 0 Å². The Balaban J connectivity index is -0.0000000450. The summed E-state index contributed by atoms with van der Waals surface area (Å²) < 4.78 is 25.2. The van der Waals surface area contributed by atoms with Crippen LogP contribution in [-0.4, -0.2) is 29.6 Å². The van der Waals surface area contributed by atoms with Crippen molar-refractivity contribution < 1.29 is 54.3 Å². The first kappa shape index (κ1) is 15.7. The molecule has 0 aliphatic rings. The Bertz CT molecular complexity index is 13.5. The Hall–Kier alpha value is 2.17. The van der Waals surface area contributed by atoms with Crippen molar-refractivity contribution in [3.8, 4) is 0 Å². The van der Waals surface area contributed by atoms with Crippen LogP contribution in [0.25, 0.3) is 0 Å². The third-order valence-electron chi connectivity index (χ3n) is 0. The summed E-state index contributed by atoms with van der Waals surface area (Å²) in [6.45, 7) is 0. The van der Waals surface area contributed by atoms with Gasteiger partial charge in [-0.3, -0.25) is 0 Å². The molecule has 0 aromatic carbocycles. The summed E-state index contributed by atoms with van der Waals surface area (Å²) in [6, 6.07) is 0. The smallest absolute Gasteiger partial charge is 0.0695 e. The molecule has 6 heteroatoms. The second-order valence-electron chi connectivity index (χ2n) is 0.189. The van der Waals surface area contributed by atoms with Crippen LogP contribution in [0.15, 0.2) is 0 Å². The summed E-state index contributed by atoms with van der Waals surface area (Å²) in [5, 5.41) is 0. The van der Waals surface area contributed by atoms with Crippen LogP contribution < -0.4 is 43.5 Å². The maximum Gasteiger partial charge on any atom is 0.0695 e. The summed E-state index contributed by atoms with van der Waals surface area (Å²) in [5.41, 5.74) is 0. The normalized spacial score (nSPS) is 6.00. The molecule has 0 aliphatic heterocycles. The van der Waals surface area contributed by atoms with E-state index in [1.807, 2.05) is 0 Å². The summed E-state index contributed by atoms with van der Waals surface area (Å²) >= 11 is 0. The van der Waals surface area contributed by atoms with Crippen LogP contribution in [0, 0.1) is 10.8 Å². The third-order valence-corrected chi connectivity index (χ3v) is 0. The van der Waals surface area contributed by atoms with Crippen LogP contribution in [0.5, 0.6) is 0 Å². The summed E-state index contributed by atoms with van der Waals surface area (Å²) in [7, 11) is -2.85. The average Bonchev–Trinajstić information content (AvgIpc) is 0.811. The maximum atomic E-state index is 8.41. The van der Waals surface area contributed by atoms with E-state index in [1.165, 1.54) is 0 Å². The molecular formula is HClNa2O3. The molecule has 0 aromatic rings. The molecule has 0 rings (SSSR count). The molecule has 0 aliphatic carbocycles. The molecule has 28 valence electrons. The third kappa shape index (κ3) is 35.0. The number of halogens is 1. The summed E-state index contributed by atoms with van der Waals surface area (Å²) in [5.74, 6) is 0. The minimum absolute atomic E-state index is 0. The fourth-order valence-electron chi connectivity index (χ4n) is 0. The van der Waals surface area contributed by atoms with E-state index in [0.29, 0.717) is 0 Å². The SMILES string of the molecule is [Na+].[NaH].[O-][Cl+2]([O-])[O-]. The molecule has 0 aromatic heterocycles. The predicted octanol–water partition coefficient (Wildman–Crippen LogP) is -7.21. The van der Waals surface area contributed by atoms with E-state index >= 15 is 0 Å². The minimum atomic E-state index is -2.85. The minimum Gasteiger partial charge on any atom is -0.357 e. The molecular weight excluding hydrogens is 129 g/mol. The zero-order chi connectivity index (χ0) is 3.58.